The van der Waals surface area contributed by atoms with Gasteiger partial charge in [-0.15, -0.1) is 0 Å². The van der Waals surface area contributed by atoms with Gasteiger partial charge in [0.1, 0.15) is 0 Å². The first kappa shape index (κ1) is 8.51. The summed E-state index contributed by atoms with van der Waals surface area (Å²) >= 11 is 3.70. The van der Waals surface area contributed by atoms with Gasteiger partial charge in [-0.05, 0) is 57.3 Å². The molecule has 1 nitrogen and oxygen atoms in total. The van der Waals surface area contributed by atoms with Gasteiger partial charge in [-0.2, -0.15) is 0 Å². The molecular weight excluding hydrogens is 361 g/mol. The maximum Gasteiger partial charge on any atom is 0.179 e. The Kier molecular flexibility index (Phi) is 2.73. The number of halogens is 3. The summed E-state index contributed by atoms with van der Waals surface area (Å²) in [5, 5.41) is 9.00. The lowest BCUT2D eigenvalue weighted by Gasteiger charge is -1.98. The van der Waals surface area contributed by atoms with Crippen LogP contribution in [0.2, 0.25) is 0 Å². The average Bonchev–Trinajstić information content (AvgIpc) is 1.93. The lowest BCUT2D eigenvalue weighted by molar-refractivity contribution is 0.426. The largest absolute Gasteiger partial charge is 0.504 e. The second-order valence-corrected chi connectivity index (χ2v) is 4.02. The number of benzene rings is 1. The fourth-order valence-corrected chi connectivity index (χ4v) is 1.37. The van der Waals surface area contributed by atoms with E-state index < -0.39 is 5.82 Å². The minimum atomic E-state index is -0.535. The van der Waals surface area contributed by atoms with E-state index in [4.69, 9.17) is 5.11 Å². The molecule has 1 aromatic rings. The summed E-state index contributed by atoms with van der Waals surface area (Å²) in [6.45, 7) is 0. The maximum atomic E-state index is 12.7. The molecule has 1 aromatic carbocycles. The number of hydrogen-bond donors (Lipinski definition) is 1. The Morgan fingerprint density at radius 3 is 2.20 bits per heavy atom. The maximum absolute atomic E-state index is 12.7. The van der Waals surface area contributed by atoms with Crippen molar-refractivity contribution in [3.05, 3.63) is 25.1 Å². The van der Waals surface area contributed by atoms with Crippen molar-refractivity contribution in [2.24, 2.45) is 0 Å². The van der Waals surface area contributed by atoms with Gasteiger partial charge in [0.25, 0.3) is 0 Å². The Balaban J connectivity index is 3.34. The van der Waals surface area contributed by atoms with Crippen LogP contribution in [-0.2, 0) is 0 Å². The van der Waals surface area contributed by atoms with Crippen LogP contribution in [0.15, 0.2) is 12.1 Å². The predicted octanol–water partition coefficient (Wildman–Crippen LogP) is 2.74. The lowest BCUT2D eigenvalue weighted by atomic mass is 10.3. The summed E-state index contributed by atoms with van der Waals surface area (Å²) in [4.78, 5) is 0. The quantitative estimate of drug-likeness (QED) is 0.555. The van der Waals surface area contributed by atoms with Gasteiger partial charge in [-0.1, -0.05) is 0 Å². The normalized spacial score (nSPS) is 9.90. The van der Waals surface area contributed by atoms with Gasteiger partial charge < -0.3 is 5.11 Å². The average molecular weight is 364 g/mol. The molecule has 10 heavy (non-hydrogen) atoms. The predicted molar refractivity (Wildman–Crippen MR) is 53.5 cm³/mol. The van der Waals surface area contributed by atoms with E-state index in [2.05, 4.69) is 0 Å². The van der Waals surface area contributed by atoms with Gasteiger partial charge in [0.15, 0.2) is 11.6 Å². The molecule has 0 saturated heterocycles. The van der Waals surface area contributed by atoms with Gasteiger partial charge in [-0.25, -0.2) is 4.39 Å². The van der Waals surface area contributed by atoms with Crippen molar-refractivity contribution in [3.8, 4) is 5.75 Å². The van der Waals surface area contributed by atoms with Crippen molar-refractivity contribution in [2.75, 3.05) is 0 Å². The van der Waals surface area contributed by atoms with Crippen LogP contribution in [0.1, 0.15) is 0 Å². The molecule has 0 aliphatic heterocycles. The zero-order valence-electron chi connectivity index (χ0n) is 4.74. The molecule has 4 heteroatoms. The summed E-state index contributed by atoms with van der Waals surface area (Å²) in [6, 6.07) is 3.29. The smallest absolute Gasteiger partial charge is 0.179 e. The van der Waals surface area contributed by atoms with Crippen LogP contribution in [0.25, 0.3) is 0 Å². The van der Waals surface area contributed by atoms with E-state index in [0.717, 1.165) is 0 Å². The standard InChI is InChI=1S/C6H3FI2O/c7-5-3(8)1-2-4(9)6(5)10/h1-2,10H. The summed E-state index contributed by atoms with van der Waals surface area (Å²) in [7, 11) is 0. The highest BCUT2D eigenvalue weighted by molar-refractivity contribution is 14.1. The van der Waals surface area contributed by atoms with Gasteiger partial charge >= 0.3 is 0 Å². The number of rotatable bonds is 0. The van der Waals surface area contributed by atoms with E-state index in [0.29, 0.717) is 7.14 Å². The van der Waals surface area contributed by atoms with Crippen LogP contribution >= 0.6 is 45.2 Å². The Morgan fingerprint density at radius 2 is 1.70 bits per heavy atom. The van der Waals surface area contributed by atoms with Crippen LogP contribution in [-0.4, -0.2) is 5.11 Å². The molecule has 0 fully saturated rings. The zero-order chi connectivity index (χ0) is 7.72. The third-order valence-electron chi connectivity index (χ3n) is 1.02. The molecule has 1 N–H and O–H groups in total. The molecule has 0 bridgehead atoms. The highest BCUT2D eigenvalue weighted by Gasteiger charge is 2.07. The highest BCUT2D eigenvalue weighted by atomic mass is 127. The molecule has 0 saturated carbocycles. The summed E-state index contributed by atoms with van der Waals surface area (Å²) < 4.78 is 13.7. The SMILES string of the molecule is Oc1c(I)ccc(I)c1F. The molecule has 0 spiro atoms. The van der Waals surface area contributed by atoms with E-state index in [1.807, 2.05) is 45.2 Å². The van der Waals surface area contributed by atoms with E-state index in [1.54, 1.807) is 12.1 Å². The fourth-order valence-electron chi connectivity index (χ4n) is 0.516. The first-order chi connectivity index (χ1) is 4.63. The second kappa shape index (κ2) is 3.21. The molecule has 0 heterocycles. The fraction of sp³-hybridized carbons (Fsp3) is 0. The van der Waals surface area contributed by atoms with E-state index >= 15 is 0 Å². The van der Waals surface area contributed by atoms with Crippen molar-refractivity contribution in [3.63, 3.8) is 0 Å². The van der Waals surface area contributed by atoms with E-state index in [1.165, 1.54) is 0 Å². The highest BCUT2D eigenvalue weighted by Crippen LogP contribution is 2.26. The first-order valence-corrected chi connectivity index (χ1v) is 4.61. The second-order valence-electron chi connectivity index (χ2n) is 1.69. The third kappa shape index (κ3) is 1.52. The van der Waals surface area contributed by atoms with Crippen molar-refractivity contribution < 1.29 is 9.50 Å². The molecule has 0 radical (unpaired) electrons. The molecule has 0 unspecified atom stereocenters. The zero-order valence-corrected chi connectivity index (χ0v) is 9.05. The Morgan fingerprint density at radius 1 is 1.20 bits per heavy atom. The van der Waals surface area contributed by atoms with Gasteiger partial charge in [0.05, 0.1) is 7.14 Å². The summed E-state index contributed by atoms with van der Waals surface area (Å²) in [6.07, 6.45) is 0. The van der Waals surface area contributed by atoms with Crippen LogP contribution in [0.3, 0.4) is 0 Å². The Labute approximate surface area is 84.9 Å². The molecule has 54 valence electrons. The van der Waals surface area contributed by atoms with Crippen molar-refractivity contribution in [1.29, 1.82) is 0 Å². The number of hydrogen-bond acceptors (Lipinski definition) is 1. The molecule has 1 rings (SSSR count). The minimum Gasteiger partial charge on any atom is -0.504 e. The van der Waals surface area contributed by atoms with E-state index in [-0.39, 0.29) is 5.75 Å². The number of phenols is 1. The van der Waals surface area contributed by atoms with Crippen molar-refractivity contribution >= 4 is 45.2 Å². The monoisotopic (exact) mass is 364 g/mol. The molecule has 0 aromatic heterocycles. The van der Waals surface area contributed by atoms with Gasteiger partial charge in [0.2, 0.25) is 0 Å². The van der Waals surface area contributed by atoms with Crippen LogP contribution in [0.4, 0.5) is 4.39 Å². The third-order valence-corrected chi connectivity index (χ3v) is 2.72. The van der Waals surface area contributed by atoms with E-state index in [9.17, 15) is 4.39 Å². The van der Waals surface area contributed by atoms with Crippen LogP contribution in [0, 0.1) is 13.0 Å². The Bertz CT molecular complexity index is 235. The number of aromatic hydroxyl groups is 1. The first-order valence-electron chi connectivity index (χ1n) is 2.45. The minimum absolute atomic E-state index is 0.257. The molecular formula is C6H3FI2O. The number of phenolic OH excluding ortho intramolecular Hbond substituents is 1. The van der Waals surface area contributed by atoms with Crippen LogP contribution in [0.5, 0.6) is 5.75 Å². The summed E-state index contributed by atoms with van der Waals surface area (Å²) in [5.74, 6) is -0.792. The molecule has 0 amide bonds. The van der Waals surface area contributed by atoms with Crippen molar-refractivity contribution in [2.45, 2.75) is 0 Å². The van der Waals surface area contributed by atoms with Gasteiger partial charge in [0, 0.05) is 0 Å². The summed E-state index contributed by atoms with van der Waals surface area (Å²) in [5.41, 5.74) is 0. The molecule has 0 aliphatic rings. The van der Waals surface area contributed by atoms with Crippen LogP contribution < -0.4 is 0 Å². The Hall–Kier alpha value is 0.410. The molecule has 0 atom stereocenters. The van der Waals surface area contributed by atoms with Crippen molar-refractivity contribution in [1.82, 2.24) is 0 Å². The lowest BCUT2D eigenvalue weighted by Crippen LogP contribution is -1.84. The molecule has 0 aliphatic carbocycles. The van der Waals surface area contributed by atoms with Gasteiger partial charge in [-0.3, -0.25) is 0 Å². The topological polar surface area (TPSA) is 20.2 Å².